The van der Waals surface area contributed by atoms with Crippen molar-refractivity contribution in [1.82, 2.24) is 20.5 Å². The average molecular weight is 522 g/mol. The third-order valence-corrected chi connectivity index (χ3v) is 6.89. The summed E-state index contributed by atoms with van der Waals surface area (Å²) in [5.41, 5.74) is 7.20. The van der Waals surface area contributed by atoms with Crippen molar-refractivity contribution in [3.8, 4) is 0 Å². The van der Waals surface area contributed by atoms with E-state index in [-0.39, 0.29) is 18.1 Å². The molecule has 4 aromatic rings. The first-order valence-corrected chi connectivity index (χ1v) is 13.4. The van der Waals surface area contributed by atoms with E-state index in [1.807, 2.05) is 50.4 Å². The minimum atomic E-state index is -0.323. The fourth-order valence-electron chi connectivity index (χ4n) is 5.13. The van der Waals surface area contributed by atoms with E-state index in [0.717, 1.165) is 52.1 Å². The molecule has 7 heteroatoms. The number of anilines is 2. The van der Waals surface area contributed by atoms with Crippen molar-refractivity contribution >= 4 is 34.3 Å². The summed E-state index contributed by atoms with van der Waals surface area (Å²) in [6.07, 6.45) is 7.70. The molecule has 0 spiro atoms. The standard InChI is InChI=1S/C32H35N5O2/c1-21(2)19-33-31(38)28-9-5-6-10-30(28)37(27-14-12-25-20-34-36-29(25)18-27)32-24(8-7-15-39-32)11-13-26-17-22(3)16-23(4)35-26/h5-6,9-14,16-18,20,24,32H,1,7-8,15,19H2,2-4H3,(H,33,38)(H,34,36). The molecule has 2 N–H and O–H groups in total. The van der Waals surface area contributed by atoms with Crippen LogP contribution in [0.25, 0.3) is 17.0 Å². The Morgan fingerprint density at radius 3 is 2.87 bits per heavy atom. The lowest BCUT2D eigenvalue weighted by molar-refractivity contribution is -0.00585. The number of rotatable bonds is 8. The second-order valence-corrected chi connectivity index (χ2v) is 10.3. The van der Waals surface area contributed by atoms with Crippen LogP contribution >= 0.6 is 0 Å². The van der Waals surface area contributed by atoms with E-state index in [2.05, 4.69) is 70.3 Å². The van der Waals surface area contributed by atoms with Crippen molar-refractivity contribution in [1.29, 1.82) is 0 Å². The van der Waals surface area contributed by atoms with Crippen molar-refractivity contribution < 1.29 is 9.53 Å². The van der Waals surface area contributed by atoms with Crippen LogP contribution in [0.5, 0.6) is 0 Å². The Balaban J connectivity index is 1.58. The molecule has 2 aromatic carbocycles. The summed E-state index contributed by atoms with van der Waals surface area (Å²) < 4.78 is 6.51. The molecule has 3 heterocycles. The van der Waals surface area contributed by atoms with Crippen LogP contribution in [0.3, 0.4) is 0 Å². The Kier molecular flexibility index (Phi) is 7.89. The topological polar surface area (TPSA) is 83.1 Å². The Labute approximate surface area is 229 Å². The molecule has 0 radical (unpaired) electrons. The summed E-state index contributed by atoms with van der Waals surface area (Å²) >= 11 is 0. The average Bonchev–Trinajstić information content (AvgIpc) is 3.39. The van der Waals surface area contributed by atoms with Gasteiger partial charge in [-0.05, 0) is 87.7 Å². The van der Waals surface area contributed by atoms with Gasteiger partial charge in [-0.15, -0.1) is 0 Å². The quantitative estimate of drug-likeness (QED) is 0.259. The van der Waals surface area contributed by atoms with Crippen LogP contribution in [0.1, 0.15) is 47.1 Å². The number of hydrogen-bond donors (Lipinski definition) is 2. The number of aromatic nitrogens is 3. The molecule has 1 amide bonds. The molecule has 1 saturated heterocycles. The van der Waals surface area contributed by atoms with Crippen molar-refractivity contribution in [3.63, 3.8) is 0 Å². The summed E-state index contributed by atoms with van der Waals surface area (Å²) in [5.74, 6) is -0.0751. The van der Waals surface area contributed by atoms with Gasteiger partial charge in [0.2, 0.25) is 0 Å². The second-order valence-electron chi connectivity index (χ2n) is 10.3. The maximum atomic E-state index is 13.4. The fraction of sp³-hybridized carbons (Fsp3) is 0.281. The zero-order chi connectivity index (χ0) is 27.4. The number of pyridine rings is 1. The summed E-state index contributed by atoms with van der Waals surface area (Å²) in [6.45, 7) is 11.0. The number of aromatic amines is 1. The number of aryl methyl sites for hydroxylation is 2. The molecule has 1 fully saturated rings. The number of hydrogen-bond acceptors (Lipinski definition) is 5. The Bertz CT molecular complexity index is 1500. The van der Waals surface area contributed by atoms with E-state index in [9.17, 15) is 4.79 Å². The number of fused-ring (bicyclic) bond motifs is 1. The number of ether oxygens (including phenoxy) is 1. The van der Waals surface area contributed by atoms with Gasteiger partial charge < -0.3 is 15.0 Å². The van der Waals surface area contributed by atoms with Gasteiger partial charge in [-0.2, -0.15) is 5.10 Å². The Morgan fingerprint density at radius 1 is 1.21 bits per heavy atom. The number of benzene rings is 2. The van der Waals surface area contributed by atoms with Crippen LogP contribution in [0.15, 0.2) is 79.0 Å². The van der Waals surface area contributed by atoms with Gasteiger partial charge in [0.05, 0.1) is 28.7 Å². The largest absolute Gasteiger partial charge is 0.357 e. The predicted molar refractivity (Wildman–Crippen MR) is 157 cm³/mol. The van der Waals surface area contributed by atoms with Crippen molar-refractivity contribution in [3.05, 3.63) is 102 Å². The highest BCUT2D eigenvalue weighted by molar-refractivity contribution is 6.01. The highest BCUT2D eigenvalue weighted by Gasteiger charge is 2.33. The summed E-state index contributed by atoms with van der Waals surface area (Å²) in [5, 5.41) is 11.3. The number of carbonyl (C=O) groups is 1. The van der Waals surface area contributed by atoms with E-state index in [1.54, 1.807) is 0 Å². The molecular weight excluding hydrogens is 486 g/mol. The molecule has 2 unspecified atom stereocenters. The second kappa shape index (κ2) is 11.7. The molecule has 2 atom stereocenters. The third-order valence-electron chi connectivity index (χ3n) is 6.89. The highest BCUT2D eigenvalue weighted by Crippen LogP contribution is 2.38. The zero-order valence-electron chi connectivity index (χ0n) is 22.8. The molecule has 1 aliphatic rings. The van der Waals surface area contributed by atoms with Gasteiger partial charge in [-0.3, -0.25) is 14.9 Å². The first kappa shape index (κ1) is 26.4. The van der Waals surface area contributed by atoms with E-state index >= 15 is 0 Å². The Morgan fingerprint density at radius 2 is 2.05 bits per heavy atom. The van der Waals surface area contributed by atoms with E-state index in [1.165, 1.54) is 5.56 Å². The minimum absolute atomic E-state index is 0.0744. The molecule has 0 bridgehead atoms. The van der Waals surface area contributed by atoms with Gasteiger partial charge in [0.15, 0.2) is 0 Å². The number of nitrogens with zero attached hydrogens (tertiary/aromatic N) is 3. The number of carbonyl (C=O) groups excluding carboxylic acids is 1. The molecule has 5 rings (SSSR count). The summed E-state index contributed by atoms with van der Waals surface area (Å²) in [4.78, 5) is 20.2. The van der Waals surface area contributed by atoms with Crippen molar-refractivity contribution in [2.75, 3.05) is 18.1 Å². The van der Waals surface area contributed by atoms with Crippen molar-refractivity contribution in [2.45, 2.75) is 39.8 Å². The number of para-hydroxylation sites is 1. The third kappa shape index (κ3) is 6.10. The molecule has 7 nitrogen and oxygen atoms in total. The van der Waals surface area contributed by atoms with Gasteiger partial charge >= 0.3 is 0 Å². The van der Waals surface area contributed by atoms with Crippen LogP contribution in [0.2, 0.25) is 0 Å². The highest BCUT2D eigenvalue weighted by atomic mass is 16.5. The number of amides is 1. The summed E-state index contributed by atoms with van der Waals surface area (Å²) in [6, 6.07) is 18.0. The lowest BCUT2D eigenvalue weighted by Gasteiger charge is -2.40. The smallest absolute Gasteiger partial charge is 0.253 e. The van der Waals surface area contributed by atoms with Crippen LogP contribution in [0.4, 0.5) is 11.4 Å². The molecule has 2 aromatic heterocycles. The normalized spacial score (nSPS) is 17.4. The molecule has 0 saturated carbocycles. The minimum Gasteiger partial charge on any atom is -0.357 e. The van der Waals surface area contributed by atoms with Gasteiger partial charge in [0.25, 0.3) is 5.91 Å². The summed E-state index contributed by atoms with van der Waals surface area (Å²) in [7, 11) is 0. The Hall–Kier alpha value is -4.23. The fourth-order valence-corrected chi connectivity index (χ4v) is 5.13. The maximum absolute atomic E-state index is 13.4. The van der Waals surface area contributed by atoms with Gasteiger partial charge in [0, 0.05) is 35.8 Å². The molecule has 39 heavy (non-hydrogen) atoms. The van der Waals surface area contributed by atoms with Crippen LogP contribution in [-0.2, 0) is 4.74 Å². The first-order valence-electron chi connectivity index (χ1n) is 13.4. The predicted octanol–water partition coefficient (Wildman–Crippen LogP) is 6.48. The SMILES string of the molecule is C=C(C)CNC(=O)c1ccccc1N(c1ccc2cn[nH]c2c1)C1OCCCC1C=Cc1cc(C)cc(C)n1. The molecule has 1 aliphatic heterocycles. The molecule has 0 aliphatic carbocycles. The van der Waals surface area contributed by atoms with Gasteiger partial charge in [-0.25, -0.2) is 0 Å². The van der Waals surface area contributed by atoms with E-state index in [0.29, 0.717) is 18.7 Å². The van der Waals surface area contributed by atoms with Crippen LogP contribution < -0.4 is 10.2 Å². The number of H-pyrrole nitrogens is 1. The van der Waals surface area contributed by atoms with Crippen LogP contribution in [-0.4, -0.2) is 40.5 Å². The maximum Gasteiger partial charge on any atom is 0.253 e. The molecule has 200 valence electrons. The lowest BCUT2D eigenvalue weighted by atomic mass is 9.95. The van der Waals surface area contributed by atoms with Crippen molar-refractivity contribution in [2.24, 2.45) is 5.92 Å². The molecular formula is C32H35N5O2. The monoisotopic (exact) mass is 521 g/mol. The van der Waals surface area contributed by atoms with Gasteiger partial charge in [0.1, 0.15) is 6.23 Å². The lowest BCUT2D eigenvalue weighted by Crippen LogP contribution is -2.43. The van der Waals surface area contributed by atoms with E-state index in [4.69, 9.17) is 9.72 Å². The van der Waals surface area contributed by atoms with E-state index < -0.39 is 0 Å². The number of nitrogens with one attached hydrogen (secondary N) is 2. The first-order chi connectivity index (χ1) is 18.9. The zero-order valence-corrected chi connectivity index (χ0v) is 22.8. The van der Waals surface area contributed by atoms with Gasteiger partial charge in [-0.1, -0.05) is 30.4 Å². The van der Waals surface area contributed by atoms with Crippen LogP contribution in [0, 0.1) is 19.8 Å².